The van der Waals surface area contributed by atoms with Crippen molar-refractivity contribution in [3.63, 3.8) is 0 Å². The van der Waals surface area contributed by atoms with Gasteiger partial charge in [0, 0.05) is 5.02 Å². The topological polar surface area (TPSA) is 84.7 Å². The van der Waals surface area contributed by atoms with Crippen LogP contribution in [0.2, 0.25) is 5.02 Å². The Morgan fingerprint density at radius 2 is 1.70 bits per heavy atom. The molecule has 1 radical (unpaired) electrons. The third-order valence-corrected chi connectivity index (χ3v) is 3.87. The van der Waals surface area contributed by atoms with Gasteiger partial charge in [0.05, 0.1) is 22.8 Å². The molecule has 0 spiro atoms. The molecule has 7 heteroatoms. The van der Waals surface area contributed by atoms with Crippen LogP contribution in [-0.4, -0.2) is 16.3 Å². The van der Waals surface area contributed by atoms with E-state index in [9.17, 15) is 5.11 Å². The predicted molar refractivity (Wildman–Crippen MR) is 91.0 cm³/mol. The second-order valence-corrected chi connectivity index (χ2v) is 5.48. The van der Waals surface area contributed by atoms with Gasteiger partial charge in [-0.15, -0.1) is 0 Å². The molecule has 0 aromatic heterocycles. The van der Waals surface area contributed by atoms with Gasteiger partial charge in [-0.25, -0.2) is 15.0 Å². The maximum Gasteiger partial charge on any atom is 0.237 e. The third-order valence-electron chi connectivity index (χ3n) is 3.62. The molecule has 2 heterocycles. The second kappa shape index (κ2) is 5.58. The minimum atomic E-state index is 0. The summed E-state index contributed by atoms with van der Waals surface area (Å²) in [5.41, 5.74) is 8.21. The third kappa shape index (κ3) is 2.33. The highest BCUT2D eigenvalue weighted by molar-refractivity contribution is 6.30. The number of para-hydroxylation sites is 2. The average Bonchev–Trinajstić information content (AvgIpc) is 2.87. The van der Waals surface area contributed by atoms with E-state index in [1.54, 1.807) is 29.3 Å². The molecule has 4 rings (SSSR count). The molecule has 2 aromatic rings. The Balaban J connectivity index is 0.00000156. The van der Waals surface area contributed by atoms with Gasteiger partial charge in [0.2, 0.25) is 5.88 Å². The first-order chi connectivity index (χ1) is 10.6. The van der Waals surface area contributed by atoms with E-state index in [4.69, 9.17) is 11.6 Å². The molecule has 117 valence electrons. The minimum absolute atomic E-state index is 0. The molecule has 2 aliphatic rings. The monoisotopic (exact) mass is 329 g/mol. The van der Waals surface area contributed by atoms with Gasteiger partial charge in [-0.1, -0.05) is 23.7 Å². The highest BCUT2D eigenvalue weighted by Crippen LogP contribution is 2.40. The van der Waals surface area contributed by atoms with Gasteiger partial charge in [-0.05, 0) is 48.9 Å². The Kier molecular flexibility index (Phi) is 3.73. The molecule has 0 saturated heterocycles. The summed E-state index contributed by atoms with van der Waals surface area (Å²) < 4.78 is 0. The van der Waals surface area contributed by atoms with Crippen molar-refractivity contribution in [2.24, 2.45) is 4.99 Å². The molecule has 6 nitrogen and oxygen atoms in total. The normalized spacial score (nSPS) is 15.8. The number of aliphatic hydroxyl groups is 1. The molecule has 0 saturated carbocycles. The van der Waals surface area contributed by atoms with E-state index in [1.165, 1.54) is 5.01 Å². The summed E-state index contributed by atoms with van der Waals surface area (Å²) >= 11 is 5.91. The van der Waals surface area contributed by atoms with Crippen molar-refractivity contribution in [1.29, 1.82) is 0 Å². The molecule has 0 atom stereocenters. The van der Waals surface area contributed by atoms with Crippen LogP contribution in [0.5, 0.6) is 0 Å². The van der Waals surface area contributed by atoms with Crippen LogP contribution in [0.15, 0.2) is 65.1 Å². The Morgan fingerprint density at radius 1 is 1.00 bits per heavy atom. The lowest BCUT2D eigenvalue weighted by molar-refractivity contribution is 0.387. The van der Waals surface area contributed by atoms with Crippen molar-refractivity contribution in [2.45, 2.75) is 6.92 Å². The number of hydrogen-bond acceptors (Lipinski definition) is 4. The first-order valence-electron chi connectivity index (χ1n) is 6.80. The zero-order valence-corrected chi connectivity index (χ0v) is 13.0. The number of nitrogens with zero attached hydrogens (tertiary/aromatic N) is 4. The lowest BCUT2D eigenvalue weighted by Crippen LogP contribution is -2.36. The average molecular weight is 330 g/mol. The van der Waals surface area contributed by atoms with Crippen molar-refractivity contribution in [3.05, 3.63) is 65.1 Å². The summed E-state index contributed by atoms with van der Waals surface area (Å²) in [5.74, 6) is 0.0538. The number of aliphatic hydroxyl groups excluding tert-OH is 1. The van der Waals surface area contributed by atoms with Crippen molar-refractivity contribution < 1.29 is 10.6 Å². The van der Waals surface area contributed by atoms with Crippen LogP contribution in [0.25, 0.3) is 0 Å². The highest BCUT2D eigenvalue weighted by Gasteiger charge is 2.37. The van der Waals surface area contributed by atoms with E-state index >= 15 is 0 Å². The fourth-order valence-corrected chi connectivity index (χ4v) is 2.71. The molecular formula is C16H14ClN4O2. The van der Waals surface area contributed by atoms with Gasteiger partial charge in [-0.3, -0.25) is 0 Å². The summed E-state index contributed by atoms with van der Waals surface area (Å²) in [4.78, 5) is 4.53. The maximum atomic E-state index is 10.6. The SMILES string of the molecule is CC1=Nc2ccccc2N2[N]N(c3ccc(Cl)cc3)C(O)=C12.O. The van der Waals surface area contributed by atoms with Crippen molar-refractivity contribution in [2.75, 3.05) is 10.0 Å². The molecule has 0 unspecified atom stereocenters. The van der Waals surface area contributed by atoms with Gasteiger partial charge in [0.1, 0.15) is 5.70 Å². The first kappa shape index (κ1) is 15.4. The second-order valence-electron chi connectivity index (χ2n) is 5.05. The quantitative estimate of drug-likeness (QED) is 0.872. The number of benzene rings is 2. The van der Waals surface area contributed by atoms with Gasteiger partial charge >= 0.3 is 0 Å². The smallest absolute Gasteiger partial charge is 0.237 e. The van der Waals surface area contributed by atoms with E-state index < -0.39 is 0 Å². The van der Waals surface area contributed by atoms with E-state index in [1.807, 2.05) is 31.2 Å². The van der Waals surface area contributed by atoms with Crippen LogP contribution in [0.3, 0.4) is 0 Å². The molecule has 23 heavy (non-hydrogen) atoms. The predicted octanol–water partition coefficient (Wildman–Crippen LogP) is 3.11. The molecular weight excluding hydrogens is 316 g/mol. The maximum absolute atomic E-state index is 10.6. The van der Waals surface area contributed by atoms with Crippen molar-refractivity contribution in [3.8, 4) is 0 Å². The fourth-order valence-electron chi connectivity index (χ4n) is 2.58. The summed E-state index contributed by atoms with van der Waals surface area (Å²) in [6.07, 6.45) is 0. The van der Waals surface area contributed by atoms with Crippen molar-refractivity contribution >= 4 is 34.4 Å². The van der Waals surface area contributed by atoms with E-state index in [0.717, 1.165) is 22.8 Å². The Labute approximate surface area is 138 Å². The van der Waals surface area contributed by atoms with Crippen LogP contribution in [0.1, 0.15) is 6.92 Å². The zero-order valence-electron chi connectivity index (χ0n) is 12.2. The summed E-state index contributed by atoms with van der Waals surface area (Å²) in [6, 6.07) is 14.8. The number of halogens is 1. The van der Waals surface area contributed by atoms with Gasteiger partial charge in [0.25, 0.3) is 0 Å². The molecule has 0 amide bonds. The Bertz CT molecular complexity index is 817. The van der Waals surface area contributed by atoms with Gasteiger partial charge in [0.15, 0.2) is 0 Å². The summed E-state index contributed by atoms with van der Waals surface area (Å²) in [5, 5.41) is 14.4. The lowest BCUT2D eigenvalue weighted by atomic mass is 10.1. The molecule has 2 aromatic carbocycles. The van der Waals surface area contributed by atoms with Crippen LogP contribution in [0.4, 0.5) is 17.1 Å². The van der Waals surface area contributed by atoms with E-state index in [-0.39, 0.29) is 11.4 Å². The van der Waals surface area contributed by atoms with Gasteiger partial charge in [-0.2, -0.15) is 0 Å². The summed E-state index contributed by atoms with van der Waals surface area (Å²) in [7, 11) is 0. The van der Waals surface area contributed by atoms with Crippen LogP contribution < -0.4 is 15.6 Å². The first-order valence-corrected chi connectivity index (χ1v) is 7.18. The Morgan fingerprint density at radius 3 is 2.43 bits per heavy atom. The zero-order chi connectivity index (χ0) is 15.3. The highest BCUT2D eigenvalue weighted by atomic mass is 35.5. The summed E-state index contributed by atoms with van der Waals surface area (Å²) in [6.45, 7) is 1.86. The number of anilines is 2. The number of fused-ring (bicyclic) bond motifs is 3. The molecule has 0 aliphatic carbocycles. The van der Waals surface area contributed by atoms with Crippen LogP contribution >= 0.6 is 11.6 Å². The molecule has 0 fully saturated rings. The molecule has 0 bridgehead atoms. The molecule has 2 aliphatic heterocycles. The lowest BCUT2D eigenvalue weighted by Gasteiger charge is -2.25. The number of aliphatic imine (C=N–C) groups is 1. The fraction of sp³-hybridized carbons (Fsp3) is 0.0625. The minimum Gasteiger partial charge on any atom is -0.492 e. The number of rotatable bonds is 1. The van der Waals surface area contributed by atoms with E-state index in [2.05, 4.69) is 10.5 Å². The number of hydrogen-bond donors (Lipinski definition) is 1. The number of allylic oxidation sites excluding steroid dienone is 1. The van der Waals surface area contributed by atoms with E-state index in [0.29, 0.717) is 10.7 Å². The molecule has 3 N–H and O–H groups in total. The van der Waals surface area contributed by atoms with Crippen LogP contribution in [0, 0.1) is 0 Å². The van der Waals surface area contributed by atoms with Crippen molar-refractivity contribution in [1.82, 2.24) is 5.53 Å². The standard InChI is InChI=1S/C16H12ClN4O.H2O/c1-10-15-16(22)20(12-8-6-11(17)7-9-12)19-21(15)14-5-3-2-4-13(14)18-10;/h2-9,22H,1H3;1H2. The van der Waals surface area contributed by atoms with Crippen LogP contribution in [-0.2, 0) is 0 Å². The van der Waals surface area contributed by atoms with Gasteiger partial charge < -0.3 is 10.6 Å². The Hall–Kier alpha value is -2.54. The largest absolute Gasteiger partial charge is 0.492 e.